The molecule has 0 N–H and O–H groups in total. The van der Waals surface area contributed by atoms with Crippen molar-refractivity contribution in [2.24, 2.45) is 0 Å². The number of allylic oxidation sites excluding steroid dienone is 1. The number of nitrogens with zero attached hydrogens (tertiary/aromatic N) is 1. The summed E-state index contributed by atoms with van der Waals surface area (Å²) in [6.07, 6.45) is 5.55. The summed E-state index contributed by atoms with van der Waals surface area (Å²) in [7, 11) is 1.80. The summed E-state index contributed by atoms with van der Waals surface area (Å²) >= 11 is 0. The van der Waals surface area contributed by atoms with E-state index in [9.17, 15) is 4.79 Å². The average molecular weight is 271 g/mol. The Bertz CT molecular complexity index is 625. The highest BCUT2D eigenvalue weighted by Crippen LogP contribution is 2.25. The molecule has 0 unspecified atom stereocenters. The maximum atomic E-state index is 11.9. The minimum Gasteiger partial charge on any atom is -0.459 e. The third-order valence-corrected chi connectivity index (χ3v) is 3.42. The van der Waals surface area contributed by atoms with Gasteiger partial charge in [0.05, 0.1) is 6.54 Å². The molecule has 0 bridgehead atoms. The van der Waals surface area contributed by atoms with E-state index in [0.29, 0.717) is 6.54 Å². The molecule has 0 saturated carbocycles. The quantitative estimate of drug-likeness (QED) is 0.768. The van der Waals surface area contributed by atoms with Crippen molar-refractivity contribution in [2.75, 3.05) is 7.05 Å². The highest BCUT2D eigenvalue weighted by atomic mass is 16.3. The van der Waals surface area contributed by atoms with E-state index < -0.39 is 0 Å². The van der Waals surface area contributed by atoms with Crippen molar-refractivity contribution in [3.63, 3.8) is 0 Å². The highest BCUT2D eigenvalue weighted by Gasteiger charge is 2.13. The lowest BCUT2D eigenvalue weighted by molar-refractivity contribution is -0.125. The van der Waals surface area contributed by atoms with Gasteiger partial charge < -0.3 is 9.32 Å². The first-order valence-electron chi connectivity index (χ1n) is 7.02. The van der Waals surface area contributed by atoms with Crippen LogP contribution < -0.4 is 0 Å². The summed E-state index contributed by atoms with van der Waals surface area (Å²) in [6.45, 7) is 4.62. The smallest absolute Gasteiger partial charge is 0.246 e. The van der Waals surface area contributed by atoms with Crippen LogP contribution in [0.5, 0.6) is 0 Å². The van der Waals surface area contributed by atoms with E-state index in [1.807, 2.05) is 37.3 Å². The number of furan rings is 1. The highest BCUT2D eigenvalue weighted by molar-refractivity contribution is 5.87. The molecule has 20 heavy (non-hydrogen) atoms. The Balaban J connectivity index is 2.11. The van der Waals surface area contributed by atoms with Crippen LogP contribution in [-0.4, -0.2) is 17.9 Å². The largest absolute Gasteiger partial charge is 0.459 e. The van der Waals surface area contributed by atoms with Crippen molar-refractivity contribution in [2.45, 2.75) is 33.2 Å². The monoisotopic (exact) mass is 271 g/mol. The molecular weight excluding hydrogens is 250 g/mol. The van der Waals surface area contributed by atoms with Crippen LogP contribution in [0.1, 0.15) is 31.1 Å². The Hall–Kier alpha value is -2.03. The van der Waals surface area contributed by atoms with Crippen molar-refractivity contribution in [3.05, 3.63) is 47.7 Å². The number of hydrogen-bond donors (Lipinski definition) is 0. The van der Waals surface area contributed by atoms with Gasteiger partial charge in [0, 0.05) is 18.0 Å². The maximum absolute atomic E-state index is 11.9. The van der Waals surface area contributed by atoms with Gasteiger partial charge in [0.2, 0.25) is 5.91 Å². The Kier molecular flexibility index (Phi) is 4.61. The zero-order chi connectivity index (χ0) is 14.5. The lowest BCUT2D eigenvalue weighted by Crippen LogP contribution is -2.24. The summed E-state index contributed by atoms with van der Waals surface area (Å²) < 4.78 is 5.83. The molecule has 0 spiro atoms. The van der Waals surface area contributed by atoms with E-state index in [0.717, 1.165) is 35.1 Å². The molecule has 106 valence electrons. The number of carbonyl (C=O) groups is 1. The Morgan fingerprint density at radius 3 is 2.80 bits per heavy atom. The number of aryl methyl sites for hydroxylation is 1. The molecule has 2 aromatic rings. The van der Waals surface area contributed by atoms with Crippen LogP contribution in [0, 0.1) is 6.92 Å². The van der Waals surface area contributed by atoms with Gasteiger partial charge in [-0.25, -0.2) is 0 Å². The number of para-hydroxylation sites is 1. The van der Waals surface area contributed by atoms with E-state index in [1.54, 1.807) is 18.0 Å². The molecule has 1 aromatic heterocycles. The maximum Gasteiger partial charge on any atom is 0.246 e. The molecule has 0 aliphatic rings. The summed E-state index contributed by atoms with van der Waals surface area (Å²) in [5.74, 6) is 0.865. The minimum atomic E-state index is 0.0123. The van der Waals surface area contributed by atoms with Gasteiger partial charge in [-0.1, -0.05) is 37.6 Å². The number of hydrogen-bond acceptors (Lipinski definition) is 2. The van der Waals surface area contributed by atoms with E-state index in [2.05, 4.69) is 6.92 Å². The van der Waals surface area contributed by atoms with Crippen molar-refractivity contribution in [1.82, 2.24) is 4.90 Å². The summed E-state index contributed by atoms with van der Waals surface area (Å²) in [6, 6.07) is 7.95. The van der Waals surface area contributed by atoms with Gasteiger partial charge in [-0.3, -0.25) is 4.79 Å². The third-order valence-electron chi connectivity index (χ3n) is 3.42. The second-order valence-electron chi connectivity index (χ2n) is 5.03. The molecule has 3 heteroatoms. The van der Waals surface area contributed by atoms with Gasteiger partial charge in [0.15, 0.2) is 0 Å². The number of fused-ring (bicyclic) bond motifs is 1. The molecule has 0 fully saturated rings. The molecule has 3 nitrogen and oxygen atoms in total. The fraction of sp³-hybridized carbons (Fsp3) is 0.353. The normalized spacial score (nSPS) is 11.3. The van der Waals surface area contributed by atoms with E-state index in [1.165, 1.54) is 0 Å². The predicted octanol–water partition coefficient (Wildman–Crippen LogP) is 4.06. The molecule has 0 aliphatic carbocycles. The van der Waals surface area contributed by atoms with Crippen LogP contribution in [0.15, 0.2) is 40.8 Å². The van der Waals surface area contributed by atoms with Crippen LogP contribution in [0.2, 0.25) is 0 Å². The number of amides is 1. The standard InChI is InChI=1S/C17H21NO2/c1-4-5-6-11-17(19)18(3)12-16-13(2)14-9-7-8-10-15(14)20-16/h6-11H,4-5,12H2,1-3H3/b11-6+. The summed E-state index contributed by atoms with van der Waals surface area (Å²) in [5.41, 5.74) is 1.99. The van der Waals surface area contributed by atoms with Crippen LogP contribution in [0.4, 0.5) is 0 Å². The molecule has 0 aliphatic heterocycles. The molecule has 0 radical (unpaired) electrons. The Morgan fingerprint density at radius 2 is 2.10 bits per heavy atom. The van der Waals surface area contributed by atoms with E-state index >= 15 is 0 Å². The number of unbranched alkanes of at least 4 members (excludes halogenated alkanes) is 1. The van der Waals surface area contributed by atoms with Gasteiger partial charge in [0.25, 0.3) is 0 Å². The number of likely N-dealkylation sites (N-methyl/N-ethyl adjacent to an activating group) is 1. The average Bonchev–Trinajstić information content (AvgIpc) is 2.76. The fourth-order valence-corrected chi connectivity index (χ4v) is 2.15. The Morgan fingerprint density at radius 1 is 1.35 bits per heavy atom. The SMILES string of the molecule is CCC/C=C/C(=O)N(C)Cc1oc2ccccc2c1C. The second kappa shape index (κ2) is 6.42. The van der Waals surface area contributed by atoms with Gasteiger partial charge >= 0.3 is 0 Å². The number of carbonyl (C=O) groups excluding carboxylic acids is 1. The van der Waals surface area contributed by atoms with Crippen LogP contribution >= 0.6 is 0 Å². The molecule has 1 amide bonds. The molecular formula is C17H21NO2. The minimum absolute atomic E-state index is 0.0123. The third kappa shape index (κ3) is 3.10. The first-order chi connectivity index (χ1) is 9.63. The van der Waals surface area contributed by atoms with Crippen molar-refractivity contribution < 1.29 is 9.21 Å². The number of benzene rings is 1. The van der Waals surface area contributed by atoms with Crippen LogP contribution in [0.3, 0.4) is 0 Å². The lowest BCUT2D eigenvalue weighted by Gasteiger charge is -2.13. The van der Waals surface area contributed by atoms with Gasteiger partial charge in [-0.2, -0.15) is 0 Å². The second-order valence-corrected chi connectivity index (χ2v) is 5.03. The Labute approximate surface area is 119 Å². The predicted molar refractivity (Wildman–Crippen MR) is 81.5 cm³/mol. The fourth-order valence-electron chi connectivity index (χ4n) is 2.15. The summed E-state index contributed by atoms with van der Waals surface area (Å²) in [4.78, 5) is 13.6. The summed E-state index contributed by atoms with van der Waals surface area (Å²) in [5, 5.41) is 1.12. The molecule has 0 saturated heterocycles. The van der Waals surface area contributed by atoms with Gasteiger partial charge in [-0.05, 0) is 25.5 Å². The molecule has 2 rings (SSSR count). The molecule has 0 atom stereocenters. The topological polar surface area (TPSA) is 33.5 Å². The zero-order valence-corrected chi connectivity index (χ0v) is 12.3. The van der Waals surface area contributed by atoms with Crippen LogP contribution in [0.25, 0.3) is 11.0 Å². The first kappa shape index (κ1) is 14.4. The van der Waals surface area contributed by atoms with Crippen molar-refractivity contribution in [1.29, 1.82) is 0 Å². The molecule has 1 heterocycles. The van der Waals surface area contributed by atoms with Crippen LogP contribution in [-0.2, 0) is 11.3 Å². The van der Waals surface area contributed by atoms with Crippen molar-refractivity contribution >= 4 is 16.9 Å². The molecule has 1 aromatic carbocycles. The number of rotatable bonds is 5. The van der Waals surface area contributed by atoms with Gasteiger partial charge in [0.1, 0.15) is 11.3 Å². The van der Waals surface area contributed by atoms with E-state index in [-0.39, 0.29) is 5.91 Å². The van der Waals surface area contributed by atoms with Gasteiger partial charge in [-0.15, -0.1) is 0 Å². The first-order valence-corrected chi connectivity index (χ1v) is 7.02. The van der Waals surface area contributed by atoms with E-state index in [4.69, 9.17) is 4.42 Å². The van der Waals surface area contributed by atoms with Crippen molar-refractivity contribution in [3.8, 4) is 0 Å². The zero-order valence-electron chi connectivity index (χ0n) is 12.3. The lowest BCUT2D eigenvalue weighted by atomic mass is 10.1.